The highest BCUT2D eigenvalue weighted by atomic mass is 19.1. The number of hydroxylamine groups is 1. The third-order valence-electron chi connectivity index (χ3n) is 5.02. The van der Waals surface area contributed by atoms with Crippen molar-refractivity contribution in [3.05, 3.63) is 66.0 Å². The Hall–Kier alpha value is -4.29. The topological polar surface area (TPSA) is 158 Å². The molecule has 174 valence electrons. The lowest BCUT2D eigenvalue weighted by atomic mass is 10.0. The number of aryl methyl sites for hydroxylation is 1. The van der Waals surface area contributed by atoms with Crippen LogP contribution in [-0.2, 0) is 0 Å². The molecule has 0 aliphatic rings. The summed E-state index contributed by atoms with van der Waals surface area (Å²) in [6, 6.07) is 4.13. The molecule has 0 aliphatic carbocycles. The number of aromatic nitrogens is 5. The molecular weight excluding hydrogens is 445 g/mol. The van der Waals surface area contributed by atoms with Crippen molar-refractivity contribution in [1.29, 1.82) is 0 Å². The smallest absolute Gasteiger partial charge is 0.277 e. The van der Waals surface area contributed by atoms with Crippen molar-refractivity contribution in [2.75, 3.05) is 13.7 Å². The predicted molar refractivity (Wildman–Crippen MR) is 118 cm³/mol. The van der Waals surface area contributed by atoms with Gasteiger partial charge in [0, 0.05) is 35.2 Å². The van der Waals surface area contributed by atoms with Gasteiger partial charge in [-0.1, -0.05) is 0 Å². The third-order valence-corrected chi connectivity index (χ3v) is 5.02. The van der Waals surface area contributed by atoms with Crippen LogP contribution in [0.4, 0.5) is 4.39 Å². The van der Waals surface area contributed by atoms with Crippen LogP contribution in [0.1, 0.15) is 27.9 Å². The van der Waals surface area contributed by atoms with Crippen molar-refractivity contribution in [3.63, 3.8) is 0 Å². The van der Waals surface area contributed by atoms with E-state index in [-0.39, 0.29) is 23.9 Å². The summed E-state index contributed by atoms with van der Waals surface area (Å²) in [4.78, 5) is 32.1. The molecule has 0 saturated carbocycles. The summed E-state index contributed by atoms with van der Waals surface area (Å²) in [6.45, 7) is 1.82. The van der Waals surface area contributed by atoms with E-state index in [0.717, 1.165) is 5.39 Å². The maximum atomic E-state index is 14.3. The molecule has 4 aromatic rings. The fourth-order valence-corrected chi connectivity index (χ4v) is 3.24. The van der Waals surface area contributed by atoms with Gasteiger partial charge in [0.05, 0.1) is 18.7 Å². The van der Waals surface area contributed by atoms with Crippen LogP contribution in [0.3, 0.4) is 0 Å². The van der Waals surface area contributed by atoms with E-state index in [9.17, 15) is 9.18 Å². The third kappa shape index (κ3) is 4.58. The standard InChI is InChI=1S/C22H20FN7O4/c1-11-15-3-12(13-4-16(23)22(33-2)27-6-13)5-18(19(15)29-10-28-11)34-9-17(24)20-25-7-14(8-26-20)21(31)30-32/h3-8,10,17,32H,9,24H2,1-2H3,(H,30,31). The first-order valence-electron chi connectivity index (χ1n) is 10.0. The minimum Gasteiger partial charge on any atom is -0.489 e. The zero-order chi connectivity index (χ0) is 24.2. The fraction of sp³-hybridized carbons (Fsp3) is 0.182. The second-order valence-electron chi connectivity index (χ2n) is 7.23. The van der Waals surface area contributed by atoms with Crippen LogP contribution in [0.25, 0.3) is 22.0 Å². The van der Waals surface area contributed by atoms with Gasteiger partial charge in [-0.3, -0.25) is 10.0 Å². The van der Waals surface area contributed by atoms with E-state index in [4.69, 9.17) is 20.4 Å². The van der Waals surface area contributed by atoms with Crippen molar-refractivity contribution in [2.45, 2.75) is 13.0 Å². The van der Waals surface area contributed by atoms with Crippen molar-refractivity contribution in [2.24, 2.45) is 5.73 Å². The van der Waals surface area contributed by atoms with Crippen molar-refractivity contribution in [1.82, 2.24) is 30.4 Å². The van der Waals surface area contributed by atoms with E-state index in [0.29, 0.717) is 28.1 Å². The number of nitrogens with zero attached hydrogens (tertiary/aromatic N) is 5. The molecule has 11 nitrogen and oxygen atoms in total. The average molecular weight is 465 g/mol. The molecule has 4 rings (SSSR count). The number of carbonyl (C=O) groups is 1. The van der Waals surface area contributed by atoms with Gasteiger partial charge in [-0.05, 0) is 30.7 Å². The van der Waals surface area contributed by atoms with Crippen LogP contribution >= 0.6 is 0 Å². The van der Waals surface area contributed by atoms with Crippen LogP contribution in [0.2, 0.25) is 0 Å². The van der Waals surface area contributed by atoms with Crippen LogP contribution in [0, 0.1) is 12.7 Å². The van der Waals surface area contributed by atoms with Gasteiger partial charge >= 0.3 is 0 Å². The summed E-state index contributed by atoms with van der Waals surface area (Å²) in [7, 11) is 1.34. The Kier molecular flexibility index (Phi) is 6.52. The highest BCUT2D eigenvalue weighted by molar-refractivity contribution is 5.92. The van der Waals surface area contributed by atoms with E-state index >= 15 is 0 Å². The second kappa shape index (κ2) is 9.68. The number of pyridine rings is 1. The van der Waals surface area contributed by atoms with Gasteiger partial charge in [0.15, 0.2) is 5.82 Å². The lowest BCUT2D eigenvalue weighted by Crippen LogP contribution is -2.23. The van der Waals surface area contributed by atoms with Gasteiger partial charge in [0.1, 0.15) is 30.0 Å². The highest BCUT2D eigenvalue weighted by Crippen LogP contribution is 2.33. The van der Waals surface area contributed by atoms with Gasteiger partial charge < -0.3 is 15.2 Å². The largest absolute Gasteiger partial charge is 0.489 e. The molecule has 4 N–H and O–H groups in total. The number of nitrogens with one attached hydrogen (secondary N) is 1. The molecule has 0 fully saturated rings. The number of halogens is 1. The first kappa shape index (κ1) is 22.9. The minimum atomic E-state index is -0.737. The summed E-state index contributed by atoms with van der Waals surface area (Å²) >= 11 is 0. The summed E-state index contributed by atoms with van der Waals surface area (Å²) in [5, 5.41) is 9.41. The molecule has 0 radical (unpaired) electrons. The molecule has 0 bridgehead atoms. The predicted octanol–water partition coefficient (Wildman–Crippen LogP) is 2.14. The normalized spacial score (nSPS) is 11.8. The van der Waals surface area contributed by atoms with Crippen LogP contribution < -0.4 is 20.7 Å². The van der Waals surface area contributed by atoms with E-state index in [2.05, 4.69) is 24.9 Å². The van der Waals surface area contributed by atoms with Crippen molar-refractivity contribution in [3.8, 4) is 22.8 Å². The Bertz CT molecular complexity index is 1350. The molecule has 0 saturated heterocycles. The summed E-state index contributed by atoms with van der Waals surface area (Å²) in [6.07, 6.45) is 5.40. The number of rotatable bonds is 7. The molecule has 1 amide bonds. The average Bonchev–Trinajstić information content (AvgIpc) is 2.87. The monoisotopic (exact) mass is 465 g/mol. The zero-order valence-corrected chi connectivity index (χ0v) is 18.2. The molecule has 3 aromatic heterocycles. The Morgan fingerprint density at radius 3 is 2.56 bits per heavy atom. The lowest BCUT2D eigenvalue weighted by molar-refractivity contribution is 0.0705. The minimum absolute atomic E-state index is 0.0115. The molecule has 0 spiro atoms. The van der Waals surface area contributed by atoms with E-state index in [1.165, 1.54) is 43.6 Å². The van der Waals surface area contributed by atoms with Gasteiger partial charge in [-0.2, -0.15) is 0 Å². The number of hydrogen-bond acceptors (Lipinski definition) is 10. The number of methoxy groups -OCH3 is 1. The van der Waals surface area contributed by atoms with Gasteiger partial charge in [0.2, 0.25) is 5.88 Å². The summed E-state index contributed by atoms with van der Waals surface area (Å²) < 4.78 is 25.1. The van der Waals surface area contributed by atoms with Gasteiger partial charge in [-0.15, -0.1) is 0 Å². The summed E-state index contributed by atoms with van der Waals surface area (Å²) in [5.74, 6) is -0.794. The van der Waals surface area contributed by atoms with E-state index in [1.54, 1.807) is 6.07 Å². The van der Waals surface area contributed by atoms with Crippen molar-refractivity contribution < 1.29 is 23.9 Å². The van der Waals surface area contributed by atoms with Crippen molar-refractivity contribution >= 4 is 16.8 Å². The first-order chi connectivity index (χ1) is 16.4. The lowest BCUT2D eigenvalue weighted by Gasteiger charge is -2.15. The SMILES string of the molecule is COc1ncc(-c2cc(OCC(N)c3ncc(C(=O)NO)cn3)c3ncnc(C)c3c2)cc1F. The number of hydrogen-bond donors (Lipinski definition) is 3. The molecule has 1 atom stereocenters. The Morgan fingerprint density at radius 2 is 1.88 bits per heavy atom. The highest BCUT2D eigenvalue weighted by Gasteiger charge is 2.16. The Morgan fingerprint density at radius 1 is 1.12 bits per heavy atom. The zero-order valence-electron chi connectivity index (χ0n) is 18.2. The molecule has 0 aliphatic heterocycles. The number of ether oxygens (including phenoxy) is 2. The molecular formula is C22H20FN7O4. The van der Waals surface area contributed by atoms with Crippen LogP contribution in [-0.4, -0.2) is 49.8 Å². The number of nitrogens with two attached hydrogens (primary N) is 1. The summed E-state index contributed by atoms with van der Waals surface area (Å²) in [5.41, 5.74) is 10.2. The Balaban J connectivity index is 1.64. The molecule has 1 aromatic carbocycles. The number of benzene rings is 1. The van der Waals surface area contributed by atoms with Gasteiger partial charge in [-0.25, -0.2) is 34.8 Å². The molecule has 1 unspecified atom stereocenters. The first-order valence-corrected chi connectivity index (χ1v) is 10.0. The van der Waals surface area contributed by atoms with E-state index in [1.807, 2.05) is 13.0 Å². The molecule has 3 heterocycles. The number of fused-ring (bicyclic) bond motifs is 1. The molecule has 12 heteroatoms. The Labute approximate surface area is 192 Å². The second-order valence-corrected chi connectivity index (χ2v) is 7.23. The maximum absolute atomic E-state index is 14.3. The fourth-order valence-electron chi connectivity index (χ4n) is 3.24. The van der Waals surface area contributed by atoms with Crippen LogP contribution in [0.5, 0.6) is 11.6 Å². The quantitative estimate of drug-likeness (QED) is 0.273. The number of carbonyl (C=O) groups excluding carboxylic acids is 1. The molecule has 34 heavy (non-hydrogen) atoms. The van der Waals surface area contributed by atoms with Crippen LogP contribution in [0.15, 0.2) is 43.1 Å². The van der Waals surface area contributed by atoms with Gasteiger partial charge in [0.25, 0.3) is 5.91 Å². The maximum Gasteiger partial charge on any atom is 0.277 e. The van der Waals surface area contributed by atoms with E-state index < -0.39 is 17.8 Å². The number of amides is 1.